The summed E-state index contributed by atoms with van der Waals surface area (Å²) in [5.41, 5.74) is 1.72. The molecule has 0 bridgehead atoms. The average molecular weight is 329 g/mol. The zero-order chi connectivity index (χ0) is 17.2. The molecule has 0 spiro atoms. The van der Waals surface area contributed by atoms with Gasteiger partial charge in [0.2, 0.25) is 0 Å². The molecule has 0 heterocycles. The van der Waals surface area contributed by atoms with Gasteiger partial charge in [0, 0.05) is 12.8 Å². The Bertz CT molecular complexity index is 640. The van der Waals surface area contributed by atoms with Gasteiger partial charge in [-0.25, -0.2) is 0 Å². The van der Waals surface area contributed by atoms with Gasteiger partial charge in [-0.2, -0.15) is 0 Å². The molecule has 0 saturated heterocycles. The summed E-state index contributed by atoms with van der Waals surface area (Å²) in [6.07, 6.45) is 0.962. The summed E-state index contributed by atoms with van der Waals surface area (Å²) in [4.78, 5) is 12.0. The van der Waals surface area contributed by atoms with Crippen LogP contribution in [0.25, 0.3) is 0 Å². The molecule has 0 saturated carbocycles. The Labute approximate surface area is 142 Å². The van der Waals surface area contributed by atoms with Crippen LogP contribution in [0.5, 0.6) is 11.5 Å². The molecule has 2 aromatic carbocycles. The van der Waals surface area contributed by atoms with Crippen LogP contribution in [0.15, 0.2) is 48.5 Å². The zero-order valence-electron chi connectivity index (χ0n) is 14.1. The fourth-order valence-electron chi connectivity index (χ4n) is 2.10. The molecule has 1 N–H and O–H groups in total. The van der Waals surface area contributed by atoms with Gasteiger partial charge in [0.25, 0.3) is 5.91 Å². The Kier molecular flexibility index (Phi) is 7.11. The summed E-state index contributed by atoms with van der Waals surface area (Å²) in [5.74, 6) is 1.21. The molecule has 1 amide bonds. The molecule has 0 aliphatic carbocycles. The second kappa shape index (κ2) is 9.57. The second-order valence-electron chi connectivity index (χ2n) is 5.29. The molecular formula is C19H23NO4. The Morgan fingerprint density at radius 3 is 2.42 bits per heavy atom. The van der Waals surface area contributed by atoms with Crippen LogP contribution >= 0.6 is 0 Å². The number of nitrogens with one attached hydrogen (secondary N) is 1. The van der Waals surface area contributed by atoms with Gasteiger partial charge < -0.3 is 19.5 Å². The van der Waals surface area contributed by atoms with Crippen LogP contribution in [-0.4, -0.2) is 26.2 Å². The first-order valence-electron chi connectivity index (χ1n) is 7.94. The van der Waals surface area contributed by atoms with E-state index in [9.17, 15) is 4.79 Å². The first kappa shape index (κ1) is 17.8. The van der Waals surface area contributed by atoms with Crippen LogP contribution in [0.2, 0.25) is 0 Å². The van der Waals surface area contributed by atoms with E-state index in [4.69, 9.17) is 14.2 Å². The number of anilines is 1. The normalized spacial score (nSPS) is 10.2. The molecule has 0 atom stereocenters. The van der Waals surface area contributed by atoms with Crippen molar-refractivity contribution in [3.63, 3.8) is 0 Å². The van der Waals surface area contributed by atoms with E-state index in [-0.39, 0.29) is 12.5 Å². The van der Waals surface area contributed by atoms with Crippen molar-refractivity contribution in [2.24, 2.45) is 0 Å². The van der Waals surface area contributed by atoms with Crippen LogP contribution in [0, 0.1) is 0 Å². The number of rotatable bonds is 9. The quantitative estimate of drug-likeness (QED) is 0.763. The monoisotopic (exact) mass is 329 g/mol. The van der Waals surface area contributed by atoms with Gasteiger partial charge in [-0.1, -0.05) is 19.1 Å². The van der Waals surface area contributed by atoms with Crippen LogP contribution in [-0.2, 0) is 16.1 Å². The molecule has 2 rings (SSSR count). The Balaban J connectivity index is 1.81. The lowest BCUT2D eigenvalue weighted by Gasteiger charge is -2.09. The maximum atomic E-state index is 12.0. The molecule has 5 heteroatoms. The van der Waals surface area contributed by atoms with Gasteiger partial charge in [0.1, 0.15) is 11.5 Å². The molecule has 0 fully saturated rings. The third-order valence-corrected chi connectivity index (χ3v) is 3.19. The van der Waals surface area contributed by atoms with E-state index in [0.717, 1.165) is 23.4 Å². The highest BCUT2D eigenvalue weighted by Gasteiger charge is 2.05. The Hall–Kier alpha value is -2.53. The third-order valence-electron chi connectivity index (χ3n) is 3.19. The van der Waals surface area contributed by atoms with Crippen molar-refractivity contribution in [1.29, 1.82) is 0 Å². The van der Waals surface area contributed by atoms with E-state index in [1.807, 2.05) is 36.4 Å². The van der Waals surface area contributed by atoms with Gasteiger partial charge >= 0.3 is 0 Å². The van der Waals surface area contributed by atoms with Crippen LogP contribution in [0.3, 0.4) is 0 Å². The lowest BCUT2D eigenvalue weighted by molar-refractivity contribution is -0.118. The molecule has 0 aromatic heterocycles. The van der Waals surface area contributed by atoms with Crippen molar-refractivity contribution in [1.82, 2.24) is 0 Å². The molecule has 0 aliphatic rings. The van der Waals surface area contributed by atoms with Gasteiger partial charge in [-0.15, -0.1) is 0 Å². The number of carbonyl (C=O) groups excluding carboxylic acids is 1. The van der Waals surface area contributed by atoms with Crippen molar-refractivity contribution in [3.05, 3.63) is 54.1 Å². The Morgan fingerprint density at radius 1 is 1.04 bits per heavy atom. The highest BCUT2D eigenvalue weighted by molar-refractivity contribution is 5.91. The number of benzene rings is 2. The third kappa shape index (κ3) is 5.93. The van der Waals surface area contributed by atoms with Crippen LogP contribution < -0.4 is 14.8 Å². The summed E-state index contributed by atoms with van der Waals surface area (Å²) in [5, 5.41) is 2.81. The number of ether oxygens (including phenoxy) is 3. The van der Waals surface area contributed by atoms with Crippen molar-refractivity contribution >= 4 is 11.6 Å². The minimum Gasteiger partial charge on any atom is -0.494 e. The predicted octanol–water partition coefficient (Wildman–Crippen LogP) is 3.64. The van der Waals surface area contributed by atoms with Crippen LogP contribution in [0.4, 0.5) is 5.69 Å². The summed E-state index contributed by atoms with van der Waals surface area (Å²) in [6, 6.07) is 14.8. The molecule has 0 aliphatic heterocycles. The molecule has 128 valence electrons. The van der Waals surface area contributed by atoms with Crippen molar-refractivity contribution < 1.29 is 19.0 Å². The number of methoxy groups -OCH3 is 1. The van der Waals surface area contributed by atoms with Crippen molar-refractivity contribution in [2.75, 3.05) is 25.6 Å². The maximum absolute atomic E-state index is 12.0. The predicted molar refractivity (Wildman–Crippen MR) is 93.5 cm³/mol. The first-order chi connectivity index (χ1) is 11.7. The molecule has 5 nitrogen and oxygen atoms in total. The molecule has 0 unspecified atom stereocenters. The van der Waals surface area contributed by atoms with Gasteiger partial charge in [-0.3, -0.25) is 4.79 Å². The van der Waals surface area contributed by atoms with E-state index in [1.54, 1.807) is 19.2 Å². The molecule has 24 heavy (non-hydrogen) atoms. The molecule has 2 aromatic rings. The van der Waals surface area contributed by atoms with Gasteiger partial charge in [-0.05, 0) is 48.4 Å². The summed E-state index contributed by atoms with van der Waals surface area (Å²) >= 11 is 0. The average Bonchev–Trinajstić information content (AvgIpc) is 2.60. The van der Waals surface area contributed by atoms with E-state index in [2.05, 4.69) is 12.2 Å². The minimum atomic E-state index is -0.212. The summed E-state index contributed by atoms with van der Waals surface area (Å²) in [7, 11) is 1.64. The SMILES string of the molecule is CCCOc1ccc(OCC(=O)Nc2cccc(COC)c2)cc1. The highest BCUT2D eigenvalue weighted by atomic mass is 16.5. The fourth-order valence-corrected chi connectivity index (χ4v) is 2.10. The van der Waals surface area contributed by atoms with Gasteiger partial charge in [0.05, 0.1) is 13.2 Å². The van der Waals surface area contributed by atoms with Crippen molar-refractivity contribution in [3.8, 4) is 11.5 Å². The highest BCUT2D eigenvalue weighted by Crippen LogP contribution is 2.18. The second-order valence-corrected chi connectivity index (χ2v) is 5.29. The number of hydrogen-bond acceptors (Lipinski definition) is 4. The smallest absolute Gasteiger partial charge is 0.262 e. The number of amides is 1. The summed E-state index contributed by atoms with van der Waals surface area (Å²) in [6.45, 7) is 3.20. The van der Waals surface area contributed by atoms with Gasteiger partial charge in [0.15, 0.2) is 6.61 Å². The zero-order valence-corrected chi connectivity index (χ0v) is 14.1. The Morgan fingerprint density at radius 2 is 1.75 bits per heavy atom. The topological polar surface area (TPSA) is 56.8 Å². The summed E-state index contributed by atoms with van der Waals surface area (Å²) < 4.78 is 16.1. The van der Waals surface area contributed by atoms with Crippen molar-refractivity contribution in [2.45, 2.75) is 20.0 Å². The van der Waals surface area contributed by atoms with E-state index < -0.39 is 0 Å². The van der Waals surface area contributed by atoms with Crippen LogP contribution in [0.1, 0.15) is 18.9 Å². The largest absolute Gasteiger partial charge is 0.494 e. The minimum absolute atomic E-state index is 0.0519. The number of hydrogen-bond donors (Lipinski definition) is 1. The van der Waals surface area contributed by atoms with E-state index >= 15 is 0 Å². The maximum Gasteiger partial charge on any atom is 0.262 e. The van der Waals surface area contributed by atoms with E-state index in [1.165, 1.54) is 0 Å². The lowest BCUT2D eigenvalue weighted by Crippen LogP contribution is -2.20. The molecule has 0 radical (unpaired) electrons. The fraction of sp³-hybridized carbons (Fsp3) is 0.316. The standard InChI is InChI=1S/C19H23NO4/c1-3-11-23-17-7-9-18(10-8-17)24-14-19(21)20-16-6-4-5-15(12-16)13-22-2/h4-10,12H,3,11,13-14H2,1-2H3,(H,20,21). The lowest BCUT2D eigenvalue weighted by atomic mass is 10.2. The van der Waals surface area contributed by atoms with E-state index in [0.29, 0.717) is 19.0 Å². The number of carbonyl (C=O) groups is 1. The first-order valence-corrected chi connectivity index (χ1v) is 7.94. The molecular weight excluding hydrogens is 306 g/mol.